The first-order valence-corrected chi connectivity index (χ1v) is 8.83. The van der Waals surface area contributed by atoms with Crippen LogP contribution in [0.25, 0.3) is 16.8 Å². The summed E-state index contributed by atoms with van der Waals surface area (Å²) in [7, 11) is 0. The van der Waals surface area contributed by atoms with Crippen LogP contribution in [0.1, 0.15) is 15.9 Å². The minimum Gasteiger partial charge on any atom is -0.488 e. The minimum absolute atomic E-state index is 0.0166. The van der Waals surface area contributed by atoms with Gasteiger partial charge < -0.3 is 4.74 Å². The highest BCUT2D eigenvalue weighted by Gasteiger charge is 2.13. The molecular formula is C22H15BrO2. The van der Waals surface area contributed by atoms with Gasteiger partial charge in [0.15, 0.2) is 5.78 Å². The van der Waals surface area contributed by atoms with E-state index in [4.69, 9.17) is 4.74 Å². The van der Waals surface area contributed by atoms with Crippen molar-refractivity contribution in [3.8, 4) is 5.75 Å². The van der Waals surface area contributed by atoms with Gasteiger partial charge in [-0.15, -0.1) is 0 Å². The number of carbonyl (C=O) groups is 1. The normalized spacial score (nSPS) is 13.4. The zero-order chi connectivity index (χ0) is 17.2. The van der Waals surface area contributed by atoms with E-state index in [-0.39, 0.29) is 5.78 Å². The smallest absolute Gasteiger partial charge is 0.185 e. The standard InChI is InChI=1S/C22H15BrO2/c23-18-9-6-17(7-10-18)21(24)11-5-15-13-20-19-4-2-1-3-16(19)8-12-22(20)25-14-15/h1-13H,14H2/b11-5+. The molecule has 0 atom stereocenters. The van der Waals surface area contributed by atoms with Crippen LogP contribution in [0.5, 0.6) is 5.75 Å². The van der Waals surface area contributed by atoms with E-state index < -0.39 is 0 Å². The molecule has 0 fully saturated rings. The average Bonchev–Trinajstić information content (AvgIpc) is 2.66. The second-order valence-electron chi connectivity index (χ2n) is 5.91. The highest BCUT2D eigenvalue weighted by Crippen LogP contribution is 2.33. The van der Waals surface area contributed by atoms with Crippen LogP contribution in [-0.4, -0.2) is 12.4 Å². The molecule has 0 N–H and O–H groups in total. The Bertz CT molecular complexity index is 1010. The maximum atomic E-state index is 12.3. The fraction of sp³-hybridized carbons (Fsp3) is 0.0455. The predicted molar refractivity (Wildman–Crippen MR) is 105 cm³/mol. The molecule has 25 heavy (non-hydrogen) atoms. The summed E-state index contributed by atoms with van der Waals surface area (Å²) in [4.78, 5) is 12.3. The van der Waals surface area contributed by atoms with E-state index in [0.717, 1.165) is 26.7 Å². The maximum absolute atomic E-state index is 12.3. The van der Waals surface area contributed by atoms with Crippen LogP contribution in [-0.2, 0) is 0 Å². The number of halogens is 1. The molecule has 0 saturated heterocycles. The summed E-state index contributed by atoms with van der Waals surface area (Å²) in [5.74, 6) is 0.868. The zero-order valence-electron chi connectivity index (χ0n) is 13.4. The van der Waals surface area contributed by atoms with Crippen LogP contribution in [0.2, 0.25) is 0 Å². The predicted octanol–water partition coefficient (Wildman–Crippen LogP) is 5.82. The fourth-order valence-electron chi connectivity index (χ4n) is 2.93. The molecule has 0 unspecified atom stereocenters. The van der Waals surface area contributed by atoms with Crippen molar-refractivity contribution in [1.82, 2.24) is 0 Å². The van der Waals surface area contributed by atoms with Crippen molar-refractivity contribution in [3.05, 3.63) is 94.0 Å². The van der Waals surface area contributed by atoms with Crippen molar-refractivity contribution < 1.29 is 9.53 Å². The van der Waals surface area contributed by atoms with Gasteiger partial charge in [-0.05, 0) is 58.8 Å². The Morgan fingerprint density at radius 1 is 1.00 bits per heavy atom. The number of hydrogen-bond donors (Lipinski definition) is 0. The first kappa shape index (κ1) is 15.9. The maximum Gasteiger partial charge on any atom is 0.185 e. The molecule has 3 heteroatoms. The topological polar surface area (TPSA) is 26.3 Å². The molecule has 0 aromatic heterocycles. The summed E-state index contributed by atoms with van der Waals surface area (Å²) in [6.07, 6.45) is 5.55. The number of benzene rings is 3. The SMILES string of the molecule is O=C(/C=C/C1=Cc2c(ccc3ccccc23)OC1)c1ccc(Br)cc1. The van der Waals surface area contributed by atoms with E-state index in [0.29, 0.717) is 12.2 Å². The molecule has 0 aliphatic carbocycles. The third kappa shape index (κ3) is 3.28. The summed E-state index contributed by atoms with van der Waals surface area (Å²) in [5, 5.41) is 2.34. The molecule has 0 saturated carbocycles. The van der Waals surface area contributed by atoms with Gasteiger partial charge in [0.2, 0.25) is 0 Å². The molecule has 0 bridgehead atoms. The Balaban J connectivity index is 1.64. The van der Waals surface area contributed by atoms with Gasteiger partial charge in [-0.25, -0.2) is 0 Å². The molecule has 3 aromatic carbocycles. The Kier molecular flexibility index (Phi) is 4.24. The van der Waals surface area contributed by atoms with E-state index in [2.05, 4.69) is 40.2 Å². The van der Waals surface area contributed by atoms with Crippen molar-refractivity contribution in [3.63, 3.8) is 0 Å². The Labute approximate surface area is 154 Å². The molecule has 4 rings (SSSR count). The van der Waals surface area contributed by atoms with Gasteiger partial charge in [-0.2, -0.15) is 0 Å². The van der Waals surface area contributed by atoms with E-state index in [1.54, 1.807) is 6.08 Å². The van der Waals surface area contributed by atoms with Crippen LogP contribution in [0.15, 0.2) is 82.9 Å². The highest BCUT2D eigenvalue weighted by atomic mass is 79.9. The largest absolute Gasteiger partial charge is 0.488 e. The molecule has 0 radical (unpaired) electrons. The van der Waals surface area contributed by atoms with Crippen LogP contribution < -0.4 is 4.74 Å². The van der Waals surface area contributed by atoms with Crippen LogP contribution in [0.3, 0.4) is 0 Å². The van der Waals surface area contributed by atoms with E-state index in [1.165, 1.54) is 5.39 Å². The minimum atomic E-state index is -0.0166. The average molecular weight is 391 g/mol. The summed E-state index contributed by atoms with van der Waals surface area (Å²) >= 11 is 3.38. The number of carbonyl (C=O) groups excluding carboxylic acids is 1. The molecule has 2 nitrogen and oxygen atoms in total. The number of ketones is 1. The Morgan fingerprint density at radius 3 is 2.64 bits per heavy atom. The van der Waals surface area contributed by atoms with Crippen LogP contribution in [0.4, 0.5) is 0 Å². The van der Waals surface area contributed by atoms with Gasteiger partial charge in [-0.1, -0.05) is 52.3 Å². The first-order valence-electron chi connectivity index (χ1n) is 8.04. The molecule has 0 spiro atoms. The lowest BCUT2D eigenvalue weighted by molar-refractivity contribution is 0.104. The Morgan fingerprint density at radius 2 is 1.80 bits per heavy atom. The van der Waals surface area contributed by atoms with Gasteiger partial charge in [0.25, 0.3) is 0 Å². The zero-order valence-corrected chi connectivity index (χ0v) is 15.0. The summed E-state index contributed by atoms with van der Waals surface area (Å²) in [5.41, 5.74) is 2.72. The number of allylic oxidation sites excluding steroid dienone is 1. The van der Waals surface area contributed by atoms with E-state index in [9.17, 15) is 4.79 Å². The highest BCUT2D eigenvalue weighted by molar-refractivity contribution is 9.10. The third-order valence-electron chi connectivity index (χ3n) is 4.23. The third-order valence-corrected chi connectivity index (χ3v) is 4.76. The monoisotopic (exact) mass is 390 g/mol. The van der Waals surface area contributed by atoms with Gasteiger partial charge in [0.1, 0.15) is 12.4 Å². The molecular weight excluding hydrogens is 376 g/mol. The van der Waals surface area contributed by atoms with Crippen LogP contribution in [0, 0.1) is 0 Å². The summed E-state index contributed by atoms with van der Waals surface area (Å²) in [6.45, 7) is 0.468. The van der Waals surface area contributed by atoms with Gasteiger partial charge in [0, 0.05) is 15.6 Å². The molecule has 0 amide bonds. The molecule has 122 valence electrons. The second kappa shape index (κ2) is 6.69. The van der Waals surface area contributed by atoms with Crippen molar-refractivity contribution in [2.75, 3.05) is 6.61 Å². The van der Waals surface area contributed by atoms with Gasteiger partial charge in [-0.3, -0.25) is 4.79 Å². The fourth-order valence-corrected chi connectivity index (χ4v) is 3.19. The summed E-state index contributed by atoms with van der Waals surface area (Å²) in [6, 6.07) is 19.7. The molecule has 1 aliphatic heterocycles. The van der Waals surface area contributed by atoms with Crippen molar-refractivity contribution in [2.24, 2.45) is 0 Å². The number of hydrogen-bond acceptors (Lipinski definition) is 2. The lowest BCUT2D eigenvalue weighted by Crippen LogP contribution is -2.06. The van der Waals surface area contributed by atoms with Crippen molar-refractivity contribution in [1.29, 1.82) is 0 Å². The van der Waals surface area contributed by atoms with E-state index >= 15 is 0 Å². The molecule has 1 heterocycles. The number of fused-ring (bicyclic) bond motifs is 3. The van der Waals surface area contributed by atoms with E-state index in [1.807, 2.05) is 48.5 Å². The summed E-state index contributed by atoms with van der Waals surface area (Å²) < 4.78 is 6.82. The number of ether oxygens (including phenoxy) is 1. The lowest BCUT2D eigenvalue weighted by Gasteiger charge is -2.18. The van der Waals surface area contributed by atoms with Crippen LogP contribution >= 0.6 is 15.9 Å². The number of rotatable bonds is 3. The van der Waals surface area contributed by atoms with Gasteiger partial charge >= 0.3 is 0 Å². The first-order chi connectivity index (χ1) is 12.2. The van der Waals surface area contributed by atoms with Crippen molar-refractivity contribution in [2.45, 2.75) is 0 Å². The lowest BCUT2D eigenvalue weighted by atomic mass is 9.99. The molecule has 3 aromatic rings. The second-order valence-corrected chi connectivity index (χ2v) is 6.83. The van der Waals surface area contributed by atoms with Gasteiger partial charge in [0.05, 0.1) is 0 Å². The molecule has 1 aliphatic rings. The quantitative estimate of drug-likeness (QED) is 0.416. The van der Waals surface area contributed by atoms with Crippen molar-refractivity contribution >= 4 is 38.6 Å². The Hall–Kier alpha value is -2.65.